The van der Waals surface area contributed by atoms with Crippen molar-refractivity contribution >= 4 is 12.0 Å². The van der Waals surface area contributed by atoms with Gasteiger partial charge in [0.2, 0.25) is 0 Å². The van der Waals surface area contributed by atoms with Gasteiger partial charge in [-0.3, -0.25) is 4.79 Å². The van der Waals surface area contributed by atoms with E-state index in [2.05, 4.69) is 10.6 Å². The molecule has 0 aromatic heterocycles. The molecule has 0 radical (unpaired) electrons. The molecule has 0 aliphatic carbocycles. The largest absolute Gasteiger partial charge is 0.481 e. The van der Waals surface area contributed by atoms with E-state index in [4.69, 9.17) is 14.6 Å². The first-order valence-corrected chi connectivity index (χ1v) is 5.85. The van der Waals surface area contributed by atoms with Crippen LogP contribution in [0.5, 0.6) is 0 Å². The monoisotopic (exact) mass is 262 g/mol. The number of carbonyl (C=O) groups excluding carboxylic acids is 1. The number of carboxylic acid groups (broad SMARTS) is 1. The van der Waals surface area contributed by atoms with Crippen molar-refractivity contribution in [2.24, 2.45) is 0 Å². The summed E-state index contributed by atoms with van der Waals surface area (Å²) >= 11 is 0. The molecule has 0 heterocycles. The van der Waals surface area contributed by atoms with Crippen LogP contribution in [0.3, 0.4) is 0 Å². The Morgan fingerprint density at radius 1 is 1.22 bits per heavy atom. The lowest BCUT2D eigenvalue weighted by Crippen LogP contribution is -2.41. The molecule has 0 aromatic rings. The van der Waals surface area contributed by atoms with E-state index in [1.165, 1.54) is 0 Å². The molecular weight excluding hydrogens is 240 g/mol. The number of unbranched alkanes of at least 4 members (excludes halogenated alkanes) is 1. The number of ether oxygens (including phenoxy) is 2. The van der Waals surface area contributed by atoms with E-state index in [1.807, 2.05) is 0 Å². The number of amides is 2. The molecule has 0 spiro atoms. The van der Waals surface area contributed by atoms with Crippen molar-refractivity contribution in [2.45, 2.75) is 25.4 Å². The summed E-state index contributed by atoms with van der Waals surface area (Å²) in [6.07, 6.45) is 1.15. The predicted octanol–water partition coefficient (Wildman–Crippen LogP) is 0.202. The molecular formula is C11H22N2O5. The summed E-state index contributed by atoms with van der Waals surface area (Å²) in [6.45, 7) is 1.24. The third-order valence-corrected chi connectivity index (χ3v) is 2.28. The van der Waals surface area contributed by atoms with Crippen LogP contribution < -0.4 is 10.6 Å². The Bertz CT molecular complexity index is 248. The third-order valence-electron chi connectivity index (χ3n) is 2.28. The molecule has 106 valence electrons. The minimum Gasteiger partial charge on any atom is -0.481 e. The highest BCUT2D eigenvalue weighted by atomic mass is 16.5. The first-order chi connectivity index (χ1) is 8.60. The maximum atomic E-state index is 11.3. The standard InChI is InChI=1S/C11H22N2O5/c1-17-8-9(18-2)7-13-11(16)12-6-4-3-5-10(14)15/h9H,3-8H2,1-2H3,(H,14,15)(H2,12,13,16). The van der Waals surface area contributed by atoms with E-state index in [1.54, 1.807) is 14.2 Å². The van der Waals surface area contributed by atoms with E-state index >= 15 is 0 Å². The number of carbonyl (C=O) groups is 2. The summed E-state index contributed by atoms with van der Waals surface area (Å²) in [4.78, 5) is 21.6. The summed E-state index contributed by atoms with van der Waals surface area (Å²) in [5.41, 5.74) is 0. The van der Waals surface area contributed by atoms with Crippen molar-refractivity contribution in [2.75, 3.05) is 33.9 Å². The highest BCUT2D eigenvalue weighted by Crippen LogP contribution is 1.93. The SMILES string of the molecule is COCC(CNC(=O)NCCCCC(=O)O)OC. The maximum Gasteiger partial charge on any atom is 0.314 e. The van der Waals surface area contributed by atoms with Gasteiger partial charge in [0.05, 0.1) is 12.7 Å². The van der Waals surface area contributed by atoms with Crippen molar-refractivity contribution in [1.82, 2.24) is 10.6 Å². The maximum absolute atomic E-state index is 11.3. The van der Waals surface area contributed by atoms with Crippen molar-refractivity contribution < 1.29 is 24.2 Å². The number of hydrogen-bond donors (Lipinski definition) is 3. The van der Waals surface area contributed by atoms with Gasteiger partial charge >= 0.3 is 12.0 Å². The third kappa shape index (κ3) is 9.86. The lowest BCUT2D eigenvalue weighted by Gasteiger charge is -2.15. The molecule has 7 heteroatoms. The van der Waals surface area contributed by atoms with Crippen molar-refractivity contribution in [1.29, 1.82) is 0 Å². The van der Waals surface area contributed by atoms with Gasteiger partial charge in [0.1, 0.15) is 0 Å². The van der Waals surface area contributed by atoms with Gasteiger partial charge in [-0.2, -0.15) is 0 Å². The molecule has 1 atom stereocenters. The Kier molecular flexibility index (Phi) is 9.99. The number of rotatable bonds is 10. The van der Waals surface area contributed by atoms with Crippen LogP contribution in [0.25, 0.3) is 0 Å². The molecule has 0 saturated heterocycles. The first kappa shape index (κ1) is 16.7. The second-order valence-electron chi connectivity index (χ2n) is 3.80. The molecule has 0 saturated carbocycles. The quantitative estimate of drug-likeness (QED) is 0.489. The molecule has 2 amide bonds. The van der Waals surface area contributed by atoms with Crippen LogP contribution >= 0.6 is 0 Å². The first-order valence-electron chi connectivity index (χ1n) is 5.85. The fourth-order valence-corrected chi connectivity index (χ4v) is 1.27. The van der Waals surface area contributed by atoms with E-state index in [9.17, 15) is 9.59 Å². The lowest BCUT2D eigenvalue weighted by atomic mass is 10.2. The molecule has 1 unspecified atom stereocenters. The van der Waals surface area contributed by atoms with Crippen LogP contribution in [0.15, 0.2) is 0 Å². The van der Waals surface area contributed by atoms with Gasteiger partial charge in [-0.05, 0) is 12.8 Å². The molecule has 0 bridgehead atoms. The number of nitrogens with one attached hydrogen (secondary N) is 2. The van der Waals surface area contributed by atoms with Crippen LogP contribution in [0.2, 0.25) is 0 Å². The van der Waals surface area contributed by atoms with Gasteiger partial charge < -0.3 is 25.2 Å². The van der Waals surface area contributed by atoms with Crippen molar-refractivity contribution in [3.05, 3.63) is 0 Å². The topological polar surface area (TPSA) is 96.9 Å². The number of carboxylic acids is 1. The number of aliphatic carboxylic acids is 1. The molecule has 0 rings (SSSR count). The summed E-state index contributed by atoms with van der Waals surface area (Å²) in [5, 5.41) is 13.7. The smallest absolute Gasteiger partial charge is 0.314 e. The van der Waals surface area contributed by atoms with Crippen molar-refractivity contribution in [3.8, 4) is 0 Å². The Morgan fingerprint density at radius 2 is 1.94 bits per heavy atom. The zero-order chi connectivity index (χ0) is 13.8. The van der Waals surface area contributed by atoms with Gasteiger partial charge in [-0.1, -0.05) is 0 Å². The van der Waals surface area contributed by atoms with Gasteiger partial charge in [-0.15, -0.1) is 0 Å². The lowest BCUT2D eigenvalue weighted by molar-refractivity contribution is -0.137. The highest BCUT2D eigenvalue weighted by molar-refractivity contribution is 5.73. The number of urea groups is 1. The summed E-state index contributed by atoms with van der Waals surface area (Å²) in [6, 6.07) is -0.288. The number of methoxy groups -OCH3 is 2. The number of hydrogen-bond acceptors (Lipinski definition) is 4. The molecule has 3 N–H and O–H groups in total. The fourth-order valence-electron chi connectivity index (χ4n) is 1.27. The van der Waals surface area contributed by atoms with Crippen LogP contribution in [0.1, 0.15) is 19.3 Å². The van der Waals surface area contributed by atoms with E-state index in [0.29, 0.717) is 32.5 Å². The van der Waals surface area contributed by atoms with Crippen LogP contribution in [-0.2, 0) is 14.3 Å². The van der Waals surface area contributed by atoms with Crippen LogP contribution in [0, 0.1) is 0 Å². The minimum atomic E-state index is -0.818. The fraction of sp³-hybridized carbons (Fsp3) is 0.818. The normalized spacial score (nSPS) is 11.9. The molecule has 18 heavy (non-hydrogen) atoms. The van der Waals surface area contributed by atoms with Gasteiger partial charge in [-0.25, -0.2) is 4.79 Å². The molecule has 0 aliphatic rings. The van der Waals surface area contributed by atoms with E-state index in [-0.39, 0.29) is 18.6 Å². The average molecular weight is 262 g/mol. The Balaban J connectivity index is 3.50. The second-order valence-corrected chi connectivity index (χ2v) is 3.80. The minimum absolute atomic E-state index is 0.128. The zero-order valence-corrected chi connectivity index (χ0v) is 10.9. The Morgan fingerprint density at radius 3 is 2.50 bits per heavy atom. The summed E-state index contributed by atoms with van der Waals surface area (Å²) in [5.74, 6) is -0.818. The van der Waals surface area contributed by atoms with E-state index in [0.717, 1.165) is 0 Å². The molecule has 0 aromatic carbocycles. The van der Waals surface area contributed by atoms with Crippen LogP contribution in [-0.4, -0.2) is 57.1 Å². The second kappa shape index (κ2) is 10.8. The Labute approximate surface area is 107 Å². The predicted molar refractivity (Wildman–Crippen MR) is 65.6 cm³/mol. The Hall–Kier alpha value is -1.34. The van der Waals surface area contributed by atoms with Gasteiger partial charge in [0.15, 0.2) is 0 Å². The molecule has 7 nitrogen and oxygen atoms in total. The van der Waals surface area contributed by atoms with Gasteiger partial charge in [0, 0.05) is 33.7 Å². The zero-order valence-electron chi connectivity index (χ0n) is 10.9. The average Bonchev–Trinajstić information content (AvgIpc) is 2.33. The van der Waals surface area contributed by atoms with Crippen molar-refractivity contribution in [3.63, 3.8) is 0 Å². The van der Waals surface area contributed by atoms with Gasteiger partial charge in [0.25, 0.3) is 0 Å². The highest BCUT2D eigenvalue weighted by Gasteiger charge is 2.08. The summed E-state index contributed by atoms with van der Waals surface area (Å²) < 4.78 is 9.99. The van der Waals surface area contributed by atoms with E-state index < -0.39 is 5.97 Å². The molecule has 0 aliphatic heterocycles. The summed E-state index contributed by atoms with van der Waals surface area (Å²) in [7, 11) is 3.11. The molecule has 0 fully saturated rings. The van der Waals surface area contributed by atoms with Crippen LogP contribution in [0.4, 0.5) is 4.79 Å².